The van der Waals surface area contributed by atoms with Crippen LogP contribution in [0.5, 0.6) is 5.75 Å². The number of amides is 1. The van der Waals surface area contributed by atoms with Crippen molar-refractivity contribution < 1.29 is 14.3 Å². The molecule has 0 bridgehead atoms. The van der Waals surface area contributed by atoms with Gasteiger partial charge >= 0.3 is 6.09 Å². The monoisotopic (exact) mass is 498 g/mol. The van der Waals surface area contributed by atoms with Crippen LogP contribution in [-0.2, 0) is 17.7 Å². The molecule has 2 aromatic rings. The first-order valence-electron chi connectivity index (χ1n) is 13.0. The quantitative estimate of drug-likeness (QED) is 0.417. The van der Waals surface area contributed by atoms with Gasteiger partial charge in [-0.3, -0.25) is 0 Å². The Hall–Kier alpha value is -2.24. The molecule has 1 fully saturated rings. The summed E-state index contributed by atoms with van der Waals surface area (Å²) < 4.78 is 11.7. The number of rotatable bonds is 6. The minimum absolute atomic E-state index is 0.239. The Morgan fingerprint density at radius 3 is 2.49 bits per heavy atom. The molecule has 190 valence electrons. The summed E-state index contributed by atoms with van der Waals surface area (Å²) in [5, 5.41) is 0.807. The maximum absolute atomic E-state index is 12.6. The number of benzene rings is 2. The number of halogens is 1. The highest BCUT2D eigenvalue weighted by molar-refractivity contribution is 6.30. The molecule has 2 aliphatic rings. The van der Waals surface area contributed by atoms with Crippen LogP contribution in [0.15, 0.2) is 42.5 Å². The van der Waals surface area contributed by atoms with E-state index < -0.39 is 5.60 Å². The van der Waals surface area contributed by atoms with Crippen LogP contribution in [-0.4, -0.2) is 54.3 Å². The zero-order chi connectivity index (χ0) is 24.8. The zero-order valence-corrected chi connectivity index (χ0v) is 22.2. The highest BCUT2D eigenvalue weighted by atomic mass is 35.5. The maximum Gasteiger partial charge on any atom is 0.410 e. The largest absolute Gasteiger partial charge is 0.494 e. The Morgan fingerprint density at radius 1 is 1.03 bits per heavy atom. The SMILES string of the molecule is CC(C)(C)OC(=O)N1CCCc2ccc(OCCCN3CCC(c4ccc(Cl)cc4)CC3)cc2C1. The molecular formula is C29H39ClN2O3. The standard InChI is InChI=1S/C29H39ClN2O3/c1-29(2,3)35-28(33)32-16-4-6-22-9-12-27(20-25(22)21-32)34-19-5-15-31-17-13-24(14-18-31)23-7-10-26(30)11-8-23/h7-12,20,24H,4-6,13-19,21H2,1-3H3. The highest BCUT2D eigenvalue weighted by Crippen LogP contribution is 2.29. The maximum atomic E-state index is 12.6. The number of fused-ring (bicyclic) bond motifs is 1. The Bertz CT molecular complexity index is 978. The first kappa shape index (κ1) is 25.8. The van der Waals surface area contributed by atoms with Crippen LogP contribution in [0.25, 0.3) is 0 Å². The number of likely N-dealkylation sites (tertiary alicyclic amines) is 1. The average molecular weight is 499 g/mol. The second kappa shape index (κ2) is 11.7. The van der Waals surface area contributed by atoms with Crippen LogP contribution in [0, 0.1) is 0 Å². The number of hydrogen-bond acceptors (Lipinski definition) is 4. The fraction of sp³-hybridized carbons (Fsp3) is 0.552. The summed E-state index contributed by atoms with van der Waals surface area (Å²) in [6.45, 7) is 11.0. The van der Waals surface area contributed by atoms with Crippen molar-refractivity contribution in [2.24, 2.45) is 0 Å². The van der Waals surface area contributed by atoms with Crippen LogP contribution in [0.3, 0.4) is 0 Å². The number of ether oxygens (including phenoxy) is 2. The molecule has 2 aliphatic heterocycles. The molecule has 0 saturated carbocycles. The molecule has 2 heterocycles. The summed E-state index contributed by atoms with van der Waals surface area (Å²) in [5.41, 5.74) is 3.38. The van der Waals surface area contributed by atoms with Gasteiger partial charge in [-0.05, 0) is 113 Å². The first-order valence-corrected chi connectivity index (χ1v) is 13.3. The van der Waals surface area contributed by atoms with E-state index in [1.54, 1.807) is 0 Å². The molecule has 0 unspecified atom stereocenters. The van der Waals surface area contributed by atoms with Crippen LogP contribution < -0.4 is 4.74 Å². The van der Waals surface area contributed by atoms with Gasteiger partial charge in [0.1, 0.15) is 11.4 Å². The summed E-state index contributed by atoms with van der Waals surface area (Å²) in [7, 11) is 0. The van der Waals surface area contributed by atoms with Gasteiger partial charge in [-0.1, -0.05) is 29.8 Å². The van der Waals surface area contributed by atoms with Crippen molar-refractivity contribution in [2.75, 3.05) is 32.8 Å². The number of nitrogens with zero attached hydrogens (tertiary/aromatic N) is 2. The molecule has 4 rings (SSSR count). The van der Waals surface area contributed by atoms with E-state index in [1.165, 1.54) is 24.0 Å². The van der Waals surface area contributed by atoms with E-state index in [1.807, 2.05) is 37.8 Å². The lowest BCUT2D eigenvalue weighted by Crippen LogP contribution is -2.36. The fourth-order valence-corrected chi connectivity index (χ4v) is 5.14. The lowest BCUT2D eigenvalue weighted by Gasteiger charge is -2.32. The Kier molecular flexibility index (Phi) is 8.61. The summed E-state index contributed by atoms with van der Waals surface area (Å²) in [4.78, 5) is 17.0. The van der Waals surface area contributed by atoms with Crippen LogP contribution in [0.4, 0.5) is 4.79 Å². The summed E-state index contributed by atoms with van der Waals surface area (Å²) >= 11 is 6.03. The van der Waals surface area contributed by atoms with Crippen LogP contribution >= 0.6 is 11.6 Å². The molecule has 1 amide bonds. The molecule has 1 saturated heterocycles. The van der Waals surface area contributed by atoms with E-state index in [4.69, 9.17) is 21.1 Å². The van der Waals surface area contributed by atoms with Gasteiger partial charge < -0.3 is 19.3 Å². The minimum atomic E-state index is -0.484. The minimum Gasteiger partial charge on any atom is -0.494 e. The number of hydrogen-bond donors (Lipinski definition) is 0. The second-order valence-corrected chi connectivity index (χ2v) is 11.2. The molecule has 0 aromatic heterocycles. The van der Waals surface area contributed by atoms with E-state index in [-0.39, 0.29) is 6.09 Å². The predicted molar refractivity (Wildman–Crippen MR) is 141 cm³/mol. The van der Waals surface area contributed by atoms with Crippen molar-refractivity contribution in [3.05, 3.63) is 64.2 Å². The van der Waals surface area contributed by atoms with Crippen LogP contribution in [0.1, 0.15) is 69.1 Å². The molecule has 5 nitrogen and oxygen atoms in total. The van der Waals surface area contributed by atoms with Crippen molar-refractivity contribution in [3.63, 3.8) is 0 Å². The van der Waals surface area contributed by atoms with E-state index in [0.717, 1.165) is 55.2 Å². The third-order valence-corrected chi connectivity index (χ3v) is 7.13. The van der Waals surface area contributed by atoms with Crippen molar-refractivity contribution in [2.45, 2.75) is 70.9 Å². The van der Waals surface area contributed by atoms with Gasteiger partial charge in [-0.15, -0.1) is 0 Å². The van der Waals surface area contributed by atoms with Gasteiger partial charge in [0.2, 0.25) is 0 Å². The number of carbonyl (C=O) groups excluding carboxylic acids is 1. The number of piperidine rings is 1. The Morgan fingerprint density at radius 2 is 1.77 bits per heavy atom. The summed E-state index contributed by atoms with van der Waals surface area (Å²) in [6.07, 6.45) is 5.08. The van der Waals surface area contributed by atoms with E-state index in [0.29, 0.717) is 25.6 Å². The molecular weight excluding hydrogens is 460 g/mol. The van der Waals surface area contributed by atoms with Gasteiger partial charge in [-0.2, -0.15) is 0 Å². The van der Waals surface area contributed by atoms with E-state index in [9.17, 15) is 4.79 Å². The predicted octanol–water partition coefficient (Wildman–Crippen LogP) is 6.67. The summed E-state index contributed by atoms with van der Waals surface area (Å²) in [6, 6.07) is 14.7. The van der Waals surface area contributed by atoms with Gasteiger partial charge in [0, 0.05) is 24.7 Å². The van der Waals surface area contributed by atoms with Crippen LogP contribution in [0.2, 0.25) is 5.02 Å². The van der Waals surface area contributed by atoms with E-state index >= 15 is 0 Å². The Balaban J connectivity index is 1.22. The Labute approximate surface area is 215 Å². The van der Waals surface area contributed by atoms with Gasteiger partial charge in [-0.25, -0.2) is 4.79 Å². The van der Waals surface area contributed by atoms with Crippen molar-refractivity contribution >= 4 is 17.7 Å². The molecule has 0 aliphatic carbocycles. The number of aryl methyl sites for hydroxylation is 1. The fourth-order valence-electron chi connectivity index (χ4n) is 5.01. The molecule has 2 aromatic carbocycles. The normalized spacial score (nSPS) is 17.5. The average Bonchev–Trinajstić information content (AvgIpc) is 3.04. The number of carbonyl (C=O) groups is 1. The van der Waals surface area contributed by atoms with E-state index in [2.05, 4.69) is 35.2 Å². The van der Waals surface area contributed by atoms with Gasteiger partial charge in [0.15, 0.2) is 0 Å². The topological polar surface area (TPSA) is 42.0 Å². The van der Waals surface area contributed by atoms with Crippen molar-refractivity contribution in [1.29, 1.82) is 0 Å². The highest BCUT2D eigenvalue weighted by Gasteiger charge is 2.25. The van der Waals surface area contributed by atoms with Gasteiger partial charge in [0.25, 0.3) is 0 Å². The molecule has 0 atom stereocenters. The second-order valence-electron chi connectivity index (χ2n) is 10.8. The molecule has 35 heavy (non-hydrogen) atoms. The molecule has 6 heteroatoms. The first-order chi connectivity index (χ1) is 16.8. The lowest BCUT2D eigenvalue weighted by molar-refractivity contribution is 0.0236. The zero-order valence-electron chi connectivity index (χ0n) is 21.4. The van der Waals surface area contributed by atoms with Gasteiger partial charge in [0.05, 0.1) is 6.61 Å². The third kappa shape index (κ3) is 7.62. The summed E-state index contributed by atoms with van der Waals surface area (Å²) in [5.74, 6) is 1.52. The molecule has 0 spiro atoms. The molecule has 0 N–H and O–H groups in total. The third-order valence-electron chi connectivity index (χ3n) is 6.88. The molecule has 0 radical (unpaired) electrons. The lowest BCUT2D eigenvalue weighted by atomic mass is 9.89. The van der Waals surface area contributed by atoms with Crippen molar-refractivity contribution in [1.82, 2.24) is 9.80 Å². The smallest absolute Gasteiger partial charge is 0.410 e. The van der Waals surface area contributed by atoms with Crippen molar-refractivity contribution in [3.8, 4) is 5.75 Å².